The molecule has 32 heavy (non-hydrogen) atoms. The van der Waals surface area contributed by atoms with E-state index in [4.69, 9.17) is 10.2 Å². The number of primary amides is 1. The highest BCUT2D eigenvalue weighted by Gasteiger charge is 2.30. The minimum atomic E-state index is -0.712. The van der Waals surface area contributed by atoms with Crippen molar-refractivity contribution in [2.75, 3.05) is 11.9 Å². The van der Waals surface area contributed by atoms with Crippen LogP contribution in [0.1, 0.15) is 87.4 Å². The number of amides is 2. The number of likely N-dealkylation sites (tertiary alicyclic amines) is 1. The fraction of sp³-hybridized carbons (Fsp3) is 0.640. The highest BCUT2D eigenvalue weighted by atomic mass is 16.4. The molecule has 2 fully saturated rings. The second kappa shape index (κ2) is 10.0. The van der Waals surface area contributed by atoms with Crippen molar-refractivity contribution in [2.24, 2.45) is 11.7 Å². The monoisotopic (exact) mass is 440 g/mol. The molecule has 2 amide bonds. The molecule has 1 unspecified atom stereocenters. The lowest BCUT2D eigenvalue weighted by Crippen LogP contribution is -2.46. The van der Waals surface area contributed by atoms with Crippen LogP contribution in [0, 0.1) is 12.8 Å². The van der Waals surface area contributed by atoms with Gasteiger partial charge in [-0.2, -0.15) is 0 Å². The molecule has 1 saturated carbocycles. The van der Waals surface area contributed by atoms with Gasteiger partial charge in [0.05, 0.1) is 5.39 Å². The molecule has 2 aromatic heterocycles. The van der Waals surface area contributed by atoms with Gasteiger partial charge >= 0.3 is 0 Å². The number of aromatic nitrogens is 1. The number of hydrogen-bond acceptors (Lipinski definition) is 5. The summed E-state index contributed by atoms with van der Waals surface area (Å²) in [5.74, 6) is -0.181. The van der Waals surface area contributed by atoms with Crippen LogP contribution in [0.2, 0.25) is 0 Å². The first-order valence-corrected chi connectivity index (χ1v) is 12.2. The zero-order valence-corrected chi connectivity index (χ0v) is 19.4. The minimum Gasteiger partial charge on any atom is -0.430 e. The molecule has 1 aliphatic heterocycles. The van der Waals surface area contributed by atoms with E-state index in [9.17, 15) is 9.59 Å². The summed E-state index contributed by atoms with van der Waals surface area (Å²) in [4.78, 5) is 31.5. The second-order valence-corrected chi connectivity index (χ2v) is 9.69. The van der Waals surface area contributed by atoms with E-state index in [1.165, 1.54) is 51.5 Å². The number of nitrogens with one attached hydrogen (secondary N) is 1. The summed E-state index contributed by atoms with van der Waals surface area (Å²) in [5.41, 5.74) is 6.88. The maximum absolute atomic E-state index is 12.7. The van der Waals surface area contributed by atoms with E-state index in [1.807, 2.05) is 13.0 Å². The second-order valence-electron chi connectivity index (χ2n) is 9.69. The highest BCUT2D eigenvalue weighted by molar-refractivity contribution is 6.09. The molecule has 174 valence electrons. The van der Waals surface area contributed by atoms with Crippen molar-refractivity contribution < 1.29 is 14.0 Å². The van der Waals surface area contributed by atoms with Gasteiger partial charge < -0.3 is 15.5 Å². The first kappa shape index (κ1) is 22.8. The maximum Gasteiger partial charge on any atom is 0.286 e. The van der Waals surface area contributed by atoms with Crippen LogP contribution in [-0.4, -0.2) is 40.3 Å². The molecule has 7 heteroatoms. The Morgan fingerprint density at radius 1 is 1.22 bits per heavy atom. The Morgan fingerprint density at radius 3 is 2.84 bits per heavy atom. The Hall–Kier alpha value is -2.41. The standard InChI is InChI=1S/C25H36N4O3/c1-16-12-13-20-22(23(24(26)31)32-25(20)27-16)28-21(30)11-6-9-18-8-5-10-19(15-18)29-14-4-3-7-17(29)2/h12-13,17-19H,3-11,14-15H2,1-2H3,(H2,26,31)(H,28,30)/t17-,18?,19+/m0/s1. The summed E-state index contributed by atoms with van der Waals surface area (Å²) in [5, 5.41) is 3.46. The van der Waals surface area contributed by atoms with Gasteiger partial charge in [0.2, 0.25) is 17.4 Å². The van der Waals surface area contributed by atoms with Crippen molar-refractivity contribution in [3.05, 3.63) is 23.6 Å². The van der Waals surface area contributed by atoms with Crippen molar-refractivity contribution >= 4 is 28.6 Å². The number of anilines is 1. The summed E-state index contributed by atoms with van der Waals surface area (Å²) in [7, 11) is 0. The Kier molecular flexibility index (Phi) is 7.13. The molecule has 0 aromatic carbocycles. The number of piperidine rings is 1. The van der Waals surface area contributed by atoms with Crippen LogP contribution in [0.5, 0.6) is 0 Å². The van der Waals surface area contributed by atoms with Gasteiger partial charge in [-0.3, -0.25) is 14.5 Å². The highest BCUT2D eigenvalue weighted by Crippen LogP contribution is 2.34. The normalized spacial score (nSPS) is 24.5. The van der Waals surface area contributed by atoms with Crippen molar-refractivity contribution in [2.45, 2.75) is 90.1 Å². The van der Waals surface area contributed by atoms with Gasteiger partial charge in [0.1, 0.15) is 5.69 Å². The smallest absolute Gasteiger partial charge is 0.286 e. The van der Waals surface area contributed by atoms with E-state index in [0.29, 0.717) is 41.2 Å². The van der Waals surface area contributed by atoms with E-state index in [1.54, 1.807) is 6.07 Å². The summed E-state index contributed by atoms with van der Waals surface area (Å²) < 4.78 is 5.51. The van der Waals surface area contributed by atoms with Crippen LogP contribution in [0.25, 0.3) is 11.1 Å². The van der Waals surface area contributed by atoms with Crippen LogP contribution in [0.3, 0.4) is 0 Å². The van der Waals surface area contributed by atoms with Gasteiger partial charge in [-0.05, 0) is 77.0 Å². The predicted molar refractivity (Wildman–Crippen MR) is 126 cm³/mol. The largest absolute Gasteiger partial charge is 0.430 e. The number of carbonyl (C=O) groups is 2. The van der Waals surface area contributed by atoms with Crippen LogP contribution in [0.15, 0.2) is 16.5 Å². The molecule has 2 aliphatic rings. The number of hydrogen-bond donors (Lipinski definition) is 2. The molecular weight excluding hydrogens is 404 g/mol. The first-order chi connectivity index (χ1) is 15.4. The lowest BCUT2D eigenvalue weighted by atomic mass is 9.81. The molecule has 0 bridgehead atoms. The number of nitrogens with two attached hydrogens (primary N) is 1. The first-order valence-electron chi connectivity index (χ1n) is 12.2. The third-order valence-electron chi connectivity index (χ3n) is 7.28. The van der Waals surface area contributed by atoms with Gasteiger partial charge in [-0.25, -0.2) is 4.98 Å². The van der Waals surface area contributed by atoms with Crippen molar-refractivity contribution in [3.8, 4) is 0 Å². The molecule has 2 aromatic rings. The summed E-state index contributed by atoms with van der Waals surface area (Å²) >= 11 is 0. The van der Waals surface area contributed by atoms with Gasteiger partial charge in [-0.15, -0.1) is 0 Å². The summed E-state index contributed by atoms with van der Waals surface area (Å²) in [6.45, 7) is 5.46. The topological polar surface area (TPSA) is 101 Å². The number of rotatable bonds is 7. The van der Waals surface area contributed by atoms with Crippen molar-refractivity contribution in [3.63, 3.8) is 0 Å². The minimum absolute atomic E-state index is 0.0442. The number of aryl methyl sites for hydroxylation is 1. The van der Waals surface area contributed by atoms with E-state index < -0.39 is 5.91 Å². The molecule has 4 rings (SSSR count). The fourth-order valence-corrected chi connectivity index (χ4v) is 5.61. The Labute approximate surface area is 190 Å². The number of pyridine rings is 1. The van der Waals surface area contributed by atoms with Gasteiger partial charge in [0.15, 0.2) is 0 Å². The van der Waals surface area contributed by atoms with E-state index in [2.05, 4.69) is 22.1 Å². The fourth-order valence-electron chi connectivity index (χ4n) is 5.61. The van der Waals surface area contributed by atoms with Crippen molar-refractivity contribution in [1.82, 2.24) is 9.88 Å². The summed E-state index contributed by atoms with van der Waals surface area (Å²) in [6.07, 6.45) is 11.5. The quantitative estimate of drug-likeness (QED) is 0.645. The lowest BCUT2D eigenvalue weighted by Gasteiger charge is -2.43. The van der Waals surface area contributed by atoms with Gasteiger partial charge in [0, 0.05) is 24.2 Å². The Balaban J connectivity index is 1.31. The average molecular weight is 441 g/mol. The molecule has 0 radical (unpaired) electrons. The molecule has 3 N–H and O–H groups in total. The van der Waals surface area contributed by atoms with Gasteiger partial charge in [-0.1, -0.05) is 19.3 Å². The number of furan rings is 1. The predicted octanol–water partition coefficient (Wildman–Crippen LogP) is 4.78. The molecule has 1 aliphatic carbocycles. The van der Waals surface area contributed by atoms with Crippen LogP contribution in [0.4, 0.5) is 5.69 Å². The molecule has 3 atom stereocenters. The van der Waals surface area contributed by atoms with Crippen LogP contribution < -0.4 is 11.1 Å². The van der Waals surface area contributed by atoms with Crippen LogP contribution in [-0.2, 0) is 4.79 Å². The molecule has 7 nitrogen and oxygen atoms in total. The third-order valence-corrected chi connectivity index (χ3v) is 7.28. The van der Waals surface area contributed by atoms with Gasteiger partial charge in [0.25, 0.3) is 5.91 Å². The van der Waals surface area contributed by atoms with E-state index in [-0.39, 0.29) is 11.7 Å². The van der Waals surface area contributed by atoms with E-state index in [0.717, 1.165) is 18.5 Å². The molecular formula is C25H36N4O3. The Bertz CT molecular complexity index is 969. The number of fused-ring (bicyclic) bond motifs is 1. The zero-order chi connectivity index (χ0) is 22.7. The Morgan fingerprint density at radius 2 is 2.06 bits per heavy atom. The van der Waals surface area contributed by atoms with E-state index >= 15 is 0 Å². The number of nitrogens with zero attached hydrogens (tertiary/aromatic N) is 2. The number of carbonyl (C=O) groups excluding carboxylic acids is 2. The lowest BCUT2D eigenvalue weighted by molar-refractivity contribution is -0.116. The van der Waals surface area contributed by atoms with Crippen molar-refractivity contribution in [1.29, 1.82) is 0 Å². The third kappa shape index (κ3) is 5.14. The summed E-state index contributed by atoms with van der Waals surface area (Å²) in [6, 6.07) is 5.04. The average Bonchev–Trinajstić information content (AvgIpc) is 3.12. The maximum atomic E-state index is 12.7. The SMILES string of the molecule is Cc1ccc2c(NC(=O)CCCC3CCC[C@@H](N4CCCC[C@@H]4C)C3)c(C(N)=O)oc2n1. The zero-order valence-electron chi connectivity index (χ0n) is 19.4. The molecule has 3 heterocycles. The van der Waals surface area contributed by atoms with Crippen LogP contribution >= 0.6 is 0 Å². The molecule has 0 spiro atoms. The molecule has 1 saturated heterocycles.